The van der Waals surface area contributed by atoms with E-state index in [9.17, 15) is 0 Å². The van der Waals surface area contributed by atoms with Crippen LogP contribution in [-0.4, -0.2) is 17.1 Å². The molecule has 0 radical (unpaired) electrons. The first kappa shape index (κ1) is 11.6. The lowest BCUT2D eigenvalue weighted by Crippen LogP contribution is -2.61. The zero-order valence-electron chi connectivity index (χ0n) is 10.1. The highest BCUT2D eigenvalue weighted by atomic mass is 15.1. The summed E-state index contributed by atoms with van der Waals surface area (Å²) in [5, 5.41) is 7.14. The third-order valence-electron chi connectivity index (χ3n) is 2.69. The van der Waals surface area contributed by atoms with Crippen LogP contribution in [0.15, 0.2) is 12.3 Å². The smallest absolute Gasteiger partial charge is 0.0290 e. The Balaban J connectivity index is 2.62. The molecule has 1 heterocycles. The quantitative estimate of drug-likeness (QED) is 0.709. The highest BCUT2D eigenvalue weighted by Crippen LogP contribution is 2.28. The minimum Gasteiger partial charge on any atom is -0.388 e. The summed E-state index contributed by atoms with van der Waals surface area (Å²) in [7, 11) is 0. The van der Waals surface area contributed by atoms with Crippen molar-refractivity contribution in [3.63, 3.8) is 0 Å². The van der Waals surface area contributed by atoms with E-state index in [2.05, 4.69) is 50.6 Å². The molecule has 0 amide bonds. The normalized spacial score (nSPS) is 26.6. The lowest BCUT2D eigenvalue weighted by atomic mass is 9.80. The van der Waals surface area contributed by atoms with E-state index in [0.717, 1.165) is 0 Å². The third kappa shape index (κ3) is 3.33. The summed E-state index contributed by atoms with van der Waals surface area (Å²) < 4.78 is 0. The first-order valence-corrected chi connectivity index (χ1v) is 5.51. The molecule has 1 rings (SSSR count). The largest absolute Gasteiger partial charge is 0.388 e. The summed E-state index contributed by atoms with van der Waals surface area (Å²) in [6.07, 6.45) is 6.48. The molecule has 0 aliphatic carbocycles. The van der Waals surface area contributed by atoms with E-state index < -0.39 is 0 Å². The molecule has 2 heteroatoms. The van der Waals surface area contributed by atoms with Crippen molar-refractivity contribution < 1.29 is 0 Å². The van der Waals surface area contributed by atoms with Gasteiger partial charge in [-0.3, -0.25) is 0 Å². The molecular weight excluding hydrogens is 172 g/mol. The summed E-state index contributed by atoms with van der Waals surface area (Å²) in [5.41, 5.74) is 0.474. The van der Waals surface area contributed by atoms with Gasteiger partial charge in [0.25, 0.3) is 0 Å². The first-order chi connectivity index (χ1) is 6.35. The predicted octanol–water partition coefficient (Wildman–Crippen LogP) is 2.42. The number of hydrogen-bond acceptors (Lipinski definition) is 2. The van der Waals surface area contributed by atoms with Crippen molar-refractivity contribution in [1.29, 1.82) is 0 Å². The van der Waals surface area contributed by atoms with Crippen LogP contribution in [0.1, 0.15) is 47.5 Å². The van der Waals surface area contributed by atoms with E-state index in [-0.39, 0.29) is 11.1 Å². The molecule has 2 nitrogen and oxygen atoms in total. The van der Waals surface area contributed by atoms with E-state index in [1.165, 1.54) is 12.8 Å². The Labute approximate surface area is 88.2 Å². The van der Waals surface area contributed by atoms with Gasteiger partial charge in [-0.15, -0.1) is 0 Å². The van der Waals surface area contributed by atoms with Crippen LogP contribution in [0.4, 0.5) is 0 Å². The van der Waals surface area contributed by atoms with Crippen molar-refractivity contribution in [2.24, 2.45) is 0 Å². The molecule has 1 saturated heterocycles. The molecule has 0 aromatic carbocycles. The van der Waals surface area contributed by atoms with Crippen molar-refractivity contribution in [2.75, 3.05) is 0 Å². The molecule has 0 aromatic rings. The molecule has 1 aliphatic heterocycles. The van der Waals surface area contributed by atoms with E-state index in [4.69, 9.17) is 0 Å². The van der Waals surface area contributed by atoms with Gasteiger partial charge in [0.05, 0.1) is 0 Å². The maximum atomic E-state index is 3.67. The van der Waals surface area contributed by atoms with Crippen molar-refractivity contribution in [3.05, 3.63) is 12.3 Å². The van der Waals surface area contributed by atoms with Crippen LogP contribution in [0.5, 0.6) is 0 Å². The summed E-state index contributed by atoms with van der Waals surface area (Å²) >= 11 is 0. The van der Waals surface area contributed by atoms with Gasteiger partial charge < -0.3 is 10.6 Å². The summed E-state index contributed by atoms with van der Waals surface area (Å²) in [6.45, 7) is 11.2. The van der Waals surface area contributed by atoms with Crippen molar-refractivity contribution in [2.45, 2.75) is 64.6 Å². The number of allylic oxidation sites excluding steroid dienone is 1. The molecule has 0 unspecified atom stereocenters. The van der Waals surface area contributed by atoms with Gasteiger partial charge in [-0.05, 0) is 53.7 Å². The molecule has 0 aromatic heterocycles. The average molecular weight is 196 g/mol. The van der Waals surface area contributed by atoms with E-state index in [1.807, 2.05) is 6.92 Å². The average Bonchev–Trinajstić information content (AvgIpc) is 1.94. The zero-order chi connectivity index (χ0) is 10.8. The highest BCUT2D eigenvalue weighted by molar-refractivity contribution is 5.00. The molecule has 0 saturated carbocycles. The van der Waals surface area contributed by atoms with Gasteiger partial charge in [-0.25, -0.2) is 0 Å². The highest BCUT2D eigenvalue weighted by Gasteiger charge is 2.36. The molecule has 0 spiro atoms. The molecule has 82 valence electrons. The Morgan fingerprint density at radius 2 is 1.64 bits per heavy atom. The Bertz CT molecular complexity index is 200. The molecule has 0 atom stereocenters. The standard InChI is InChI=1S/C12H24N2/c1-6-7-13-10-8-11(2,3)14-12(4,5)9-10/h6-7,10,13-14H,8-9H2,1-5H3. The molecule has 1 aliphatic rings. The van der Waals surface area contributed by atoms with Crippen LogP contribution in [0, 0.1) is 0 Å². The van der Waals surface area contributed by atoms with Gasteiger partial charge in [0, 0.05) is 17.1 Å². The van der Waals surface area contributed by atoms with Gasteiger partial charge >= 0.3 is 0 Å². The van der Waals surface area contributed by atoms with Crippen molar-refractivity contribution in [3.8, 4) is 0 Å². The van der Waals surface area contributed by atoms with Gasteiger partial charge in [-0.1, -0.05) is 6.08 Å². The van der Waals surface area contributed by atoms with Gasteiger partial charge in [0.15, 0.2) is 0 Å². The van der Waals surface area contributed by atoms with Gasteiger partial charge in [-0.2, -0.15) is 0 Å². The fourth-order valence-electron chi connectivity index (χ4n) is 2.67. The lowest BCUT2D eigenvalue weighted by Gasteiger charge is -2.46. The van der Waals surface area contributed by atoms with Gasteiger partial charge in [0.1, 0.15) is 0 Å². The number of rotatable bonds is 2. The zero-order valence-corrected chi connectivity index (χ0v) is 10.1. The molecule has 0 bridgehead atoms. The predicted molar refractivity (Wildman–Crippen MR) is 62.3 cm³/mol. The Morgan fingerprint density at radius 1 is 1.14 bits per heavy atom. The second kappa shape index (κ2) is 3.93. The van der Waals surface area contributed by atoms with E-state index in [0.29, 0.717) is 6.04 Å². The van der Waals surface area contributed by atoms with Crippen LogP contribution in [0.2, 0.25) is 0 Å². The SMILES string of the molecule is CC=CNC1CC(C)(C)NC(C)(C)C1. The topological polar surface area (TPSA) is 24.1 Å². The van der Waals surface area contributed by atoms with Crippen LogP contribution in [0.3, 0.4) is 0 Å². The Kier molecular flexibility index (Phi) is 3.25. The van der Waals surface area contributed by atoms with Crippen molar-refractivity contribution in [1.82, 2.24) is 10.6 Å². The van der Waals surface area contributed by atoms with E-state index >= 15 is 0 Å². The summed E-state index contributed by atoms with van der Waals surface area (Å²) in [4.78, 5) is 0. The van der Waals surface area contributed by atoms with Crippen LogP contribution in [-0.2, 0) is 0 Å². The fourth-order valence-corrected chi connectivity index (χ4v) is 2.67. The summed E-state index contributed by atoms with van der Waals surface area (Å²) in [5.74, 6) is 0. The first-order valence-electron chi connectivity index (χ1n) is 5.51. The Morgan fingerprint density at radius 3 is 2.07 bits per heavy atom. The van der Waals surface area contributed by atoms with Crippen LogP contribution in [0.25, 0.3) is 0 Å². The third-order valence-corrected chi connectivity index (χ3v) is 2.69. The van der Waals surface area contributed by atoms with Gasteiger partial charge in [0.2, 0.25) is 0 Å². The summed E-state index contributed by atoms with van der Waals surface area (Å²) in [6, 6.07) is 0.595. The lowest BCUT2D eigenvalue weighted by molar-refractivity contribution is 0.153. The molecule has 1 fully saturated rings. The van der Waals surface area contributed by atoms with Crippen molar-refractivity contribution >= 4 is 0 Å². The molecule has 2 N–H and O–H groups in total. The Hall–Kier alpha value is -0.500. The van der Waals surface area contributed by atoms with E-state index in [1.54, 1.807) is 0 Å². The monoisotopic (exact) mass is 196 g/mol. The second-order valence-corrected chi connectivity index (χ2v) is 5.66. The maximum Gasteiger partial charge on any atom is 0.0290 e. The molecular formula is C12H24N2. The minimum atomic E-state index is 0.237. The van der Waals surface area contributed by atoms with Crippen LogP contribution >= 0.6 is 0 Å². The number of hydrogen-bond donors (Lipinski definition) is 2. The maximum absolute atomic E-state index is 3.67. The fraction of sp³-hybridized carbons (Fsp3) is 0.833. The minimum absolute atomic E-state index is 0.237. The second-order valence-electron chi connectivity index (χ2n) is 5.66. The number of nitrogens with one attached hydrogen (secondary N) is 2. The number of piperidine rings is 1. The molecule has 14 heavy (non-hydrogen) atoms. The van der Waals surface area contributed by atoms with Crippen LogP contribution < -0.4 is 10.6 Å².